The zero-order chi connectivity index (χ0) is 16.8. The number of hydrogen-bond acceptors (Lipinski definition) is 6. The van der Waals surface area contributed by atoms with Crippen molar-refractivity contribution in [2.24, 2.45) is 0 Å². The van der Waals surface area contributed by atoms with Crippen molar-refractivity contribution in [3.63, 3.8) is 0 Å². The summed E-state index contributed by atoms with van der Waals surface area (Å²) in [5.41, 5.74) is 0.537. The zero-order valence-corrected chi connectivity index (χ0v) is 13.1. The minimum atomic E-state index is -1.14. The Morgan fingerprint density at radius 1 is 1.22 bits per heavy atom. The second-order valence-corrected chi connectivity index (χ2v) is 5.60. The number of hydrogen-bond donors (Lipinski definition) is 2. The molecule has 2 N–H and O–H groups in total. The average molecular weight is 337 g/mol. The van der Waals surface area contributed by atoms with Crippen molar-refractivity contribution in [2.75, 3.05) is 25.1 Å². The Morgan fingerprint density at radius 2 is 2.00 bits per heavy atom. The van der Waals surface area contributed by atoms with E-state index in [2.05, 4.69) is 5.32 Å². The average Bonchev–Trinajstić information content (AvgIpc) is 2.90. The van der Waals surface area contributed by atoms with Gasteiger partial charge in [0.05, 0.1) is 6.61 Å². The van der Waals surface area contributed by atoms with Crippen molar-refractivity contribution in [1.29, 1.82) is 0 Å². The SMILES string of the molecule is CCOC(=O)c1cc2cc(NC(=O)COCC(=O)O)ccc2s1. The number of anilines is 1. The molecule has 0 aliphatic heterocycles. The topological polar surface area (TPSA) is 102 Å². The first-order valence-corrected chi connectivity index (χ1v) is 7.61. The Hall–Kier alpha value is -2.45. The molecule has 2 aromatic rings. The fourth-order valence-corrected chi connectivity index (χ4v) is 2.79. The van der Waals surface area contributed by atoms with E-state index in [0.29, 0.717) is 17.2 Å². The maximum Gasteiger partial charge on any atom is 0.348 e. The third-order valence-electron chi connectivity index (χ3n) is 2.74. The van der Waals surface area contributed by atoms with Gasteiger partial charge in [-0.3, -0.25) is 4.79 Å². The second kappa shape index (κ2) is 7.70. The number of fused-ring (bicyclic) bond motifs is 1. The van der Waals surface area contributed by atoms with Crippen LogP contribution in [0.15, 0.2) is 24.3 Å². The Morgan fingerprint density at radius 3 is 2.70 bits per heavy atom. The lowest BCUT2D eigenvalue weighted by Gasteiger charge is -2.05. The van der Waals surface area contributed by atoms with Crippen LogP contribution in [0.25, 0.3) is 10.1 Å². The number of rotatable bonds is 7. The molecule has 0 unspecified atom stereocenters. The minimum absolute atomic E-state index is 0.310. The summed E-state index contributed by atoms with van der Waals surface area (Å²) in [6.45, 7) is 1.18. The molecule has 7 nitrogen and oxygen atoms in total. The van der Waals surface area contributed by atoms with E-state index in [-0.39, 0.29) is 12.6 Å². The molecular formula is C15H15NO6S. The Bertz CT molecular complexity index is 739. The van der Waals surface area contributed by atoms with Gasteiger partial charge in [0.2, 0.25) is 5.91 Å². The summed E-state index contributed by atoms with van der Waals surface area (Å²) in [6, 6.07) is 6.91. The number of nitrogens with one attached hydrogen (secondary N) is 1. The predicted octanol–water partition coefficient (Wildman–Crippen LogP) is 2.12. The largest absolute Gasteiger partial charge is 0.480 e. The van der Waals surface area contributed by atoms with Crippen LogP contribution >= 0.6 is 11.3 Å². The predicted molar refractivity (Wildman–Crippen MR) is 84.9 cm³/mol. The van der Waals surface area contributed by atoms with Crippen LogP contribution in [0.1, 0.15) is 16.6 Å². The summed E-state index contributed by atoms with van der Waals surface area (Å²) in [5.74, 6) is -1.96. The van der Waals surface area contributed by atoms with Gasteiger partial charge in [-0.25, -0.2) is 9.59 Å². The highest BCUT2D eigenvalue weighted by Crippen LogP contribution is 2.28. The molecule has 0 bridgehead atoms. The number of benzene rings is 1. The molecule has 0 saturated heterocycles. The molecule has 1 aromatic heterocycles. The van der Waals surface area contributed by atoms with Gasteiger partial charge in [0.15, 0.2) is 0 Å². The molecule has 1 amide bonds. The van der Waals surface area contributed by atoms with Crippen LogP contribution in [-0.4, -0.2) is 42.8 Å². The van der Waals surface area contributed by atoms with Gasteiger partial charge >= 0.3 is 11.9 Å². The molecule has 0 aliphatic rings. The lowest BCUT2D eigenvalue weighted by Crippen LogP contribution is -2.20. The van der Waals surface area contributed by atoms with Crippen LogP contribution in [0.3, 0.4) is 0 Å². The van der Waals surface area contributed by atoms with Crippen LogP contribution in [0.2, 0.25) is 0 Å². The fourth-order valence-electron chi connectivity index (χ4n) is 1.85. The standard InChI is InChI=1S/C15H15NO6S/c1-2-22-15(20)12-6-9-5-10(3-4-11(9)23-12)16-13(17)7-21-8-14(18)19/h3-6H,2,7-8H2,1H3,(H,16,17)(H,18,19). The number of carbonyl (C=O) groups is 3. The third kappa shape index (κ3) is 4.76. The minimum Gasteiger partial charge on any atom is -0.480 e. The van der Waals surface area contributed by atoms with Gasteiger partial charge in [0, 0.05) is 10.4 Å². The molecule has 8 heteroatoms. The van der Waals surface area contributed by atoms with E-state index in [4.69, 9.17) is 14.6 Å². The van der Waals surface area contributed by atoms with E-state index >= 15 is 0 Å². The highest BCUT2D eigenvalue weighted by atomic mass is 32.1. The van der Waals surface area contributed by atoms with E-state index in [1.807, 2.05) is 0 Å². The lowest BCUT2D eigenvalue weighted by molar-refractivity contribution is -0.143. The maximum atomic E-state index is 11.7. The fraction of sp³-hybridized carbons (Fsp3) is 0.267. The van der Waals surface area contributed by atoms with Gasteiger partial charge in [-0.05, 0) is 36.6 Å². The van der Waals surface area contributed by atoms with Gasteiger partial charge in [-0.2, -0.15) is 0 Å². The Kier molecular flexibility index (Phi) is 5.67. The first kappa shape index (κ1) is 16.9. The number of carboxylic acids is 1. The summed E-state index contributed by atoms with van der Waals surface area (Å²) in [6.07, 6.45) is 0. The Balaban J connectivity index is 2.03. The molecule has 0 fully saturated rings. The summed E-state index contributed by atoms with van der Waals surface area (Å²) in [5, 5.41) is 11.8. The van der Waals surface area contributed by atoms with Crippen LogP contribution in [0.5, 0.6) is 0 Å². The van der Waals surface area contributed by atoms with Crippen molar-refractivity contribution in [3.8, 4) is 0 Å². The van der Waals surface area contributed by atoms with E-state index in [1.165, 1.54) is 11.3 Å². The highest BCUT2D eigenvalue weighted by Gasteiger charge is 2.12. The van der Waals surface area contributed by atoms with Gasteiger partial charge in [-0.15, -0.1) is 11.3 Å². The summed E-state index contributed by atoms with van der Waals surface area (Å²) in [7, 11) is 0. The van der Waals surface area contributed by atoms with Crippen molar-refractivity contribution in [1.82, 2.24) is 0 Å². The monoisotopic (exact) mass is 337 g/mol. The van der Waals surface area contributed by atoms with Crippen molar-refractivity contribution in [3.05, 3.63) is 29.1 Å². The van der Waals surface area contributed by atoms with Gasteiger partial charge in [0.25, 0.3) is 0 Å². The summed E-state index contributed by atoms with van der Waals surface area (Å²) < 4.78 is 10.6. The second-order valence-electron chi connectivity index (χ2n) is 4.52. The molecule has 0 saturated carbocycles. The molecule has 0 spiro atoms. The molecule has 1 heterocycles. The molecule has 122 valence electrons. The number of thiophene rings is 1. The van der Waals surface area contributed by atoms with Crippen molar-refractivity contribution in [2.45, 2.75) is 6.92 Å². The summed E-state index contributed by atoms with van der Waals surface area (Å²) in [4.78, 5) is 34.1. The highest BCUT2D eigenvalue weighted by molar-refractivity contribution is 7.20. The number of ether oxygens (including phenoxy) is 2. The van der Waals surface area contributed by atoms with Crippen molar-refractivity contribution >= 4 is 45.0 Å². The molecule has 2 rings (SSSR count). The maximum absolute atomic E-state index is 11.7. The quantitative estimate of drug-likeness (QED) is 0.750. The number of carbonyl (C=O) groups excluding carboxylic acids is 2. The third-order valence-corrected chi connectivity index (χ3v) is 3.83. The van der Waals surface area contributed by atoms with Crippen LogP contribution in [0, 0.1) is 0 Å². The molecule has 0 atom stereocenters. The van der Waals surface area contributed by atoms with E-state index < -0.39 is 18.5 Å². The van der Waals surface area contributed by atoms with Crippen LogP contribution < -0.4 is 5.32 Å². The van der Waals surface area contributed by atoms with E-state index in [1.54, 1.807) is 31.2 Å². The van der Waals surface area contributed by atoms with E-state index in [9.17, 15) is 14.4 Å². The van der Waals surface area contributed by atoms with Crippen LogP contribution in [-0.2, 0) is 19.1 Å². The van der Waals surface area contributed by atoms with Gasteiger partial charge in [-0.1, -0.05) is 0 Å². The smallest absolute Gasteiger partial charge is 0.348 e. The number of amides is 1. The first-order valence-electron chi connectivity index (χ1n) is 6.79. The molecule has 0 aliphatic carbocycles. The molecule has 1 aromatic carbocycles. The molecular weight excluding hydrogens is 322 g/mol. The van der Waals surface area contributed by atoms with Gasteiger partial charge in [0.1, 0.15) is 18.1 Å². The number of esters is 1. The normalized spacial score (nSPS) is 10.5. The van der Waals surface area contributed by atoms with Crippen molar-refractivity contribution < 1.29 is 29.0 Å². The zero-order valence-electron chi connectivity index (χ0n) is 12.3. The first-order chi connectivity index (χ1) is 11.0. The lowest BCUT2D eigenvalue weighted by atomic mass is 10.2. The summed E-state index contributed by atoms with van der Waals surface area (Å²) >= 11 is 1.31. The Labute approximate surface area is 135 Å². The molecule has 23 heavy (non-hydrogen) atoms. The van der Waals surface area contributed by atoms with Crippen LogP contribution in [0.4, 0.5) is 5.69 Å². The molecule has 0 radical (unpaired) electrons. The number of aliphatic carboxylic acids is 1. The number of carboxylic acid groups (broad SMARTS) is 1. The van der Waals surface area contributed by atoms with E-state index in [0.717, 1.165) is 10.1 Å². The van der Waals surface area contributed by atoms with Gasteiger partial charge < -0.3 is 19.9 Å².